The van der Waals surface area contributed by atoms with E-state index in [1.165, 1.54) is 0 Å². The normalized spacial score (nSPS) is 5.75. The first-order valence-electron chi connectivity index (χ1n) is 2.13. The zero-order chi connectivity index (χ0) is 7.54. The van der Waals surface area contributed by atoms with Crippen molar-refractivity contribution >= 4 is 0 Å². The molecule has 1 aliphatic carbocycles. The summed E-state index contributed by atoms with van der Waals surface area (Å²) < 4.78 is 15.0. The molecule has 0 radical (unpaired) electrons. The van der Waals surface area contributed by atoms with Crippen LogP contribution in [0.3, 0.4) is 0 Å². The summed E-state index contributed by atoms with van der Waals surface area (Å²) >= 11 is 0. The molecule has 0 amide bonds. The van der Waals surface area contributed by atoms with E-state index < -0.39 is 0 Å². The third-order valence-electron chi connectivity index (χ3n) is 0.586. The monoisotopic (exact) mass is 267 g/mol. The van der Waals surface area contributed by atoms with E-state index in [1.54, 1.807) is 0 Å². The summed E-state index contributed by atoms with van der Waals surface area (Å²) in [4.78, 5) is 0. The van der Waals surface area contributed by atoms with Gasteiger partial charge in [0.1, 0.15) is 0 Å². The smallest absolute Gasteiger partial charge is 0 e. The Morgan fingerprint density at radius 3 is 1.19 bits per heavy atom. The van der Waals surface area contributed by atoms with Gasteiger partial charge in [-0.1, -0.05) is 0 Å². The fraction of sp³-hybridized carbons (Fsp3) is 0.0769. The van der Waals surface area contributed by atoms with Gasteiger partial charge >= 0.3 is 22.6 Å². The van der Waals surface area contributed by atoms with Crippen LogP contribution in [0.15, 0.2) is 18.2 Å². The molecular weight excluding hydrogens is 244 g/mol. The van der Waals surface area contributed by atoms with E-state index in [-0.39, 0.29) is 61.6 Å². The van der Waals surface area contributed by atoms with E-state index >= 15 is 0 Å². The largest absolute Gasteiger partial charge is 0.358 e. The van der Waals surface area contributed by atoms with Crippen LogP contribution < -0.4 is 0 Å². The molecule has 0 N–H and O–H groups in total. The number of hydrogen-bond acceptors (Lipinski definition) is 0. The molecule has 0 heterocycles. The Labute approximate surface area is 115 Å². The molecule has 0 atom stereocenters. The van der Waals surface area contributed by atoms with Crippen LogP contribution in [0.4, 0.5) is 0 Å². The Bertz CT molecular complexity index is 119. The van der Waals surface area contributed by atoms with Crippen molar-refractivity contribution in [3.05, 3.63) is 82.2 Å². The average molecular weight is 267 g/mol. The summed E-state index contributed by atoms with van der Waals surface area (Å²) in [5.41, 5.74) is 0. The minimum atomic E-state index is 0. The summed E-state index contributed by atoms with van der Waals surface area (Å²) in [5.74, 6) is 0. The van der Waals surface area contributed by atoms with Gasteiger partial charge in [0, 0.05) is 17.1 Å². The van der Waals surface area contributed by atoms with Crippen molar-refractivity contribution in [2.24, 2.45) is 0 Å². The SMILES string of the molecule is [C-]#[O+].[C-]#[O+].[C-]1=CC=CC1.[CH3-].[CH3-].[CH3-].[CH3-].[CH3-].[CH3-].[Fe]. The number of hydrogen-bond donors (Lipinski definition) is 0. The predicted molar refractivity (Wildman–Crippen MR) is 67.9 cm³/mol. The van der Waals surface area contributed by atoms with Crippen molar-refractivity contribution in [2.75, 3.05) is 0 Å². The first kappa shape index (κ1) is 77.3. The van der Waals surface area contributed by atoms with Crippen LogP contribution >= 0.6 is 0 Å². The summed E-state index contributed by atoms with van der Waals surface area (Å²) in [6.45, 7) is 9.00. The van der Waals surface area contributed by atoms with E-state index in [4.69, 9.17) is 9.30 Å². The van der Waals surface area contributed by atoms with Crippen LogP contribution in [0.5, 0.6) is 0 Å². The molecule has 0 saturated heterocycles. The van der Waals surface area contributed by atoms with Gasteiger partial charge in [-0.2, -0.15) is 6.08 Å². The number of rotatable bonds is 0. The van der Waals surface area contributed by atoms with Crippen LogP contribution in [0.2, 0.25) is 0 Å². The Balaban J connectivity index is -0.00000000597. The van der Waals surface area contributed by atoms with Crippen LogP contribution in [0.25, 0.3) is 0 Å². The van der Waals surface area contributed by atoms with Gasteiger partial charge in [0.15, 0.2) is 0 Å². The van der Waals surface area contributed by atoms with E-state index in [9.17, 15) is 0 Å². The minimum absolute atomic E-state index is 0. The Kier molecular flexibility index (Phi) is 633. The summed E-state index contributed by atoms with van der Waals surface area (Å²) in [5, 5.41) is 0. The molecule has 1 rings (SSSR count). The van der Waals surface area contributed by atoms with E-state index in [2.05, 4.69) is 25.5 Å². The van der Waals surface area contributed by atoms with Crippen molar-refractivity contribution in [3.63, 3.8) is 0 Å². The first-order chi connectivity index (χ1) is 4.50. The Morgan fingerprint density at radius 1 is 0.812 bits per heavy atom. The molecule has 16 heavy (non-hydrogen) atoms. The summed E-state index contributed by atoms with van der Waals surface area (Å²) in [6, 6.07) is 0. The standard InChI is InChI=1S/C5H5.2CO.6CH3.Fe/c1-2-4-5-3-1;2*1-2;;;;;;;/h1-3H,4H2;;;6*1H3;/q-1;;;6*-1;. The molecule has 0 bridgehead atoms. The zero-order valence-electron chi connectivity index (χ0n) is 11.1. The molecule has 0 unspecified atom stereocenters. The molecule has 0 saturated carbocycles. The van der Waals surface area contributed by atoms with Gasteiger partial charge < -0.3 is 44.6 Å². The number of allylic oxidation sites excluding steroid dienone is 4. The maximum atomic E-state index is 7.50. The summed E-state index contributed by atoms with van der Waals surface area (Å²) in [6.07, 6.45) is 10.0. The third kappa shape index (κ3) is 105. The molecule has 0 aromatic heterocycles. The van der Waals surface area contributed by atoms with Gasteiger partial charge in [-0.25, -0.2) is 12.2 Å². The van der Waals surface area contributed by atoms with Gasteiger partial charge in [0.05, 0.1) is 0 Å². The Morgan fingerprint density at radius 2 is 1.12 bits per heavy atom. The molecule has 0 aromatic rings. The zero-order valence-corrected chi connectivity index (χ0v) is 12.2. The molecular formula is C13H23FeO2-7. The summed E-state index contributed by atoms with van der Waals surface area (Å²) in [7, 11) is 0. The van der Waals surface area contributed by atoms with Crippen LogP contribution in [0.1, 0.15) is 6.42 Å². The first-order valence-corrected chi connectivity index (χ1v) is 2.13. The second kappa shape index (κ2) is 131. The fourth-order valence-corrected chi connectivity index (χ4v) is 0.340. The molecule has 0 aromatic carbocycles. The molecule has 0 aliphatic heterocycles. The molecule has 0 fully saturated rings. The van der Waals surface area contributed by atoms with Crippen molar-refractivity contribution in [1.82, 2.24) is 0 Å². The van der Waals surface area contributed by atoms with Crippen molar-refractivity contribution < 1.29 is 26.4 Å². The average Bonchev–Trinajstić information content (AvgIpc) is 2.51. The maximum Gasteiger partial charge on any atom is 0 e. The fourth-order valence-electron chi connectivity index (χ4n) is 0.340. The van der Waals surface area contributed by atoms with Crippen molar-refractivity contribution in [2.45, 2.75) is 6.42 Å². The molecule has 1 aliphatic rings. The quantitative estimate of drug-likeness (QED) is 0.362. The van der Waals surface area contributed by atoms with E-state index in [0.717, 1.165) is 6.42 Å². The molecule has 2 nitrogen and oxygen atoms in total. The maximum absolute atomic E-state index is 7.50. The molecule has 3 heteroatoms. The van der Waals surface area contributed by atoms with Crippen molar-refractivity contribution in [3.8, 4) is 0 Å². The topological polar surface area (TPSA) is 39.8 Å². The molecule has 102 valence electrons. The van der Waals surface area contributed by atoms with E-state index in [0.29, 0.717) is 0 Å². The van der Waals surface area contributed by atoms with Crippen LogP contribution in [0, 0.1) is 63.9 Å². The molecule has 0 spiro atoms. The van der Waals surface area contributed by atoms with Crippen LogP contribution in [-0.2, 0) is 26.4 Å². The third-order valence-corrected chi connectivity index (χ3v) is 0.586. The Hall–Kier alpha value is -0.521. The van der Waals surface area contributed by atoms with Gasteiger partial charge in [-0.3, -0.25) is 6.08 Å². The second-order valence-corrected chi connectivity index (χ2v) is 1.00. The second-order valence-electron chi connectivity index (χ2n) is 1.00. The van der Waals surface area contributed by atoms with Gasteiger partial charge in [-0.05, 0) is 0 Å². The van der Waals surface area contributed by atoms with Gasteiger partial charge in [0.25, 0.3) is 0 Å². The van der Waals surface area contributed by atoms with Gasteiger partial charge in [-0.15, -0.1) is 6.42 Å². The van der Waals surface area contributed by atoms with Crippen LogP contribution in [-0.4, -0.2) is 0 Å². The minimum Gasteiger partial charge on any atom is -0.358 e. The van der Waals surface area contributed by atoms with Crippen molar-refractivity contribution in [1.29, 1.82) is 0 Å². The van der Waals surface area contributed by atoms with Gasteiger partial charge in [0.2, 0.25) is 0 Å². The van der Waals surface area contributed by atoms with E-state index in [1.807, 2.05) is 12.2 Å². The predicted octanol–water partition coefficient (Wildman–Crippen LogP) is 3.93.